The molecule has 0 aliphatic heterocycles. The Labute approximate surface area is 128 Å². The molecule has 3 nitrogen and oxygen atoms in total. The van der Waals surface area contributed by atoms with E-state index in [9.17, 15) is 8.42 Å². The average molecular weight is 354 g/mol. The molecule has 0 aromatic heterocycles. The number of hydrogen-bond acceptors (Lipinski definition) is 2. The van der Waals surface area contributed by atoms with E-state index in [-0.39, 0.29) is 9.72 Å². The Morgan fingerprint density at radius 2 is 1.80 bits per heavy atom. The Morgan fingerprint density at radius 1 is 1.10 bits per heavy atom. The van der Waals surface area contributed by atoms with E-state index in [4.69, 9.17) is 0 Å². The van der Waals surface area contributed by atoms with Crippen molar-refractivity contribution >= 4 is 31.6 Å². The zero-order valence-corrected chi connectivity index (χ0v) is 13.7. The van der Waals surface area contributed by atoms with Crippen LogP contribution in [-0.4, -0.2) is 8.42 Å². The van der Waals surface area contributed by atoms with Gasteiger partial charge in [-0.2, -0.15) is 0 Å². The van der Waals surface area contributed by atoms with Crippen molar-refractivity contribution < 1.29 is 8.42 Å². The van der Waals surface area contributed by atoms with Crippen LogP contribution >= 0.6 is 15.9 Å². The lowest BCUT2D eigenvalue weighted by molar-refractivity contribution is 0.601. The molecule has 0 aliphatic carbocycles. The molecule has 106 valence electrons. The predicted octanol–water partition coefficient (Wildman–Crippen LogP) is 4.25. The third-order valence-corrected chi connectivity index (χ3v) is 4.79. The fourth-order valence-electron chi connectivity index (χ4n) is 1.92. The van der Waals surface area contributed by atoms with E-state index in [1.807, 2.05) is 38.1 Å². The fourth-order valence-corrected chi connectivity index (χ4v) is 3.51. The van der Waals surface area contributed by atoms with Crippen LogP contribution in [-0.2, 0) is 10.0 Å². The number of aryl methyl sites for hydroxylation is 1. The van der Waals surface area contributed by atoms with E-state index in [0.29, 0.717) is 5.69 Å². The number of rotatable bonds is 4. The van der Waals surface area contributed by atoms with Crippen molar-refractivity contribution in [3.05, 3.63) is 59.7 Å². The summed E-state index contributed by atoms with van der Waals surface area (Å²) in [5, 5.41) is 0. The topological polar surface area (TPSA) is 46.2 Å². The van der Waals surface area contributed by atoms with Crippen molar-refractivity contribution in [3.63, 3.8) is 0 Å². The number of alkyl halides is 1. The van der Waals surface area contributed by atoms with Crippen LogP contribution in [0.3, 0.4) is 0 Å². The Balaban J connectivity index is 2.39. The number of halogens is 1. The Hall–Kier alpha value is -1.33. The van der Waals surface area contributed by atoms with E-state index in [2.05, 4.69) is 20.7 Å². The summed E-state index contributed by atoms with van der Waals surface area (Å²) in [7, 11) is -3.56. The summed E-state index contributed by atoms with van der Waals surface area (Å²) >= 11 is 3.47. The van der Waals surface area contributed by atoms with Crippen LogP contribution < -0.4 is 4.72 Å². The minimum Gasteiger partial charge on any atom is -0.279 e. The summed E-state index contributed by atoms with van der Waals surface area (Å²) in [6.45, 7) is 3.83. The van der Waals surface area contributed by atoms with Gasteiger partial charge in [0.15, 0.2) is 0 Å². The molecular formula is C15H16BrNO2S. The monoisotopic (exact) mass is 353 g/mol. The molecule has 0 heterocycles. The Bertz CT molecular complexity index is 711. The van der Waals surface area contributed by atoms with Gasteiger partial charge in [0, 0.05) is 4.83 Å². The van der Waals surface area contributed by atoms with E-state index >= 15 is 0 Å². The van der Waals surface area contributed by atoms with Crippen molar-refractivity contribution in [1.29, 1.82) is 0 Å². The van der Waals surface area contributed by atoms with Crippen molar-refractivity contribution in [2.45, 2.75) is 23.6 Å². The normalized spacial score (nSPS) is 12.9. The van der Waals surface area contributed by atoms with E-state index < -0.39 is 10.0 Å². The number of benzene rings is 2. The van der Waals surface area contributed by atoms with Gasteiger partial charge in [0.05, 0.1) is 10.6 Å². The highest BCUT2D eigenvalue weighted by atomic mass is 79.9. The van der Waals surface area contributed by atoms with Gasteiger partial charge in [0.2, 0.25) is 0 Å². The van der Waals surface area contributed by atoms with Crippen LogP contribution in [0.4, 0.5) is 5.69 Å². The lowest BCUT2D eigenvalue weighted by Gasteiger charge is -2.14. The van der Waals surface area contributed by atoms with Gasteiger partial charge in [0.25, 0.3) is 10.0 Å². The maximum absolute atomic E-state index is 12.4. The zero-order chi connectivity index (χ0) is 14.8. The highest BCUT2D eigenvalue weighted by molar-refractivity contribution is 9.09. The summed E-state index contributed by atoms with van der Waals surface area (Å²) in [5.74, 6) is 0. The van der Waals surface area contributed by atoms with Crippen molar-refractivity contribution in [2.24, 2.45) is 0 Å². The van der Waals surface area contributed by atoms with Crippen molar-refractivity contribution in [1.82, 2.24) is 0 Å². The molecule has 1 atom stereocenters. The molecule has 2 aromatic rings. The van der Waals surface area contributed by atoms with Crippen LogP contribution in [0.15, 0.2) is 53.4 Å². The lowest BCUT2D eigenvalue weighted by atomic mass is 10.1. The van der Waals surface area contributed by atoms with Gasteiger partial charge in [-0.25, -0.2) is 8.42 Å². The van der Waals surface area contributed by atoms with Crippen LogP contribution in [0.1, 0.15) is 22.9 Å². The molecule has 2 rings (SSSR count). The van der Waals surface area contributed by atoms with Crippen molar-refractivity contribution in [3.8, 4) is 0 Å². The standard InChI is InChI=1S/C15H16BrNO2S/c1-11-6-5-7-13(10-11)20(18,19)17-15-9-4-3-8-14(15)12(2)16/h3-10,12,17H,1-2H3. The molecule has 0 fully saturated rings. The van der Waals surface area contributed by atoms with Gasteiger partial charge in [-0.15, -0.1) is 0 Å². The summed E-state index contributed by atoms with van der Waals surface area (Å²) in [4.78, 5) is 0.341. The molecule has 5 heteroatoms. The third kappa shape index (κ3) is 3.41. The molecule has 0 bridgehead atoms. The molecule has 0 saturated heterocycles. The largest absolute Gasteiger partial charge is 0.279 e. The predicted molar refractivity (Wildman–Crippen MR) is 85.8 cm³/mol. The quantitative estimate of drug-likeness (QED) is 0.835. The summed E-state index contributed by atoms with van der Waals surface area (Å²) in [5.41, 5.74) is 2.41. The van der Waals surface area contributed by atoms with Crippen LogP contribution in [0, 0.1) is 6.92 Å². The van der Waals surface area contributed by atoms with Crippen LogP contribution in [0.5, 0.6) is 0 Å². The second-order valence-electron chi connectivity index (χ2n) is 4.63. The maximum atomic E-state index is 12.4. The fraction of sp³-hybridized carbons (Fsp3) is 0.200. The minimum absolute atomic E-state index is 0.0684. The highest BCUT2D eigenvalue weighted by Crippen LogP contribution is 2.30. The molecule has 0 saturated carbocycles. The number of anilines is 1. The van der Waals surface area contributed by atoms with Crippen molar-refractivity contribution in [2.75, 3.05) is 4.72 Å². The summed E-state index contributed by atoms with van der Waals surface area (Å²) in [6, 6.07) is 14.2. The molecule has 0 amide bonds. The van der Waals surface area contributed by atoms with Gasteiger partial charge in [-0.3, -0.25) is 4.72 Å². The van der Waals surface area contributed by atoms with Gasteiger partial charge < -0.3 is 0 Å². The maximum Gasteiger partial charge on any atom is 0.261 e. The van der Waals surface area contributed by atoms with E-state index in [1.54, 1.807) is 24.3 Å². The van der Waals surface area contributed by atoms with E-state index in [0.717, 1.165) is 11.1 Å². The molecule has 2 aromatic carbocycles. The average Bonchev–Trinajstić information content (AvgIpc) is 2.38. The molecule has 0 aliphatic rings. The molecular weight excluding hydrogens is 338 g/mol. The van der Waals surface area contributed by atoms with Gasteiger partial charge >= 0.3 is 0 Å². The third-order valence-electron chi connectivity index (χ3n) is 2.93. The van der Waals surface area contributed by atoms with Crippen LogP contribution in [0.25, 0.3) is 0 Å². The second-order valence-corrected chi connectivity index (χ2v) is 7.68. The first-order valence-electron chi connectivity index (χ1n) is 6.22. The van der Waals surface area contributed by atoms with Gasteiger partial charge in [-0.1, -0.05) is 46.3 Å². The summed E-state index contributed by atoms with van der Waals surface area (Å²) in [6.07, 6.45) is 0. The number of para-hydroxylation sites is 1. The molecule has 20 heavy (non-hydrogen) atoms. The first-order chi connectivity index (χ1) is 9.40. The summed E-state index contributed by atoms with van der Waals surface area (Å²) < 4.78 is 27.5. The first-order valence-corrected chi connectivity index (χ1v) is 8.62. The van der Waals surface area contributed by atoms with Crippen LogP contribution in [0.2, 0.25) is 0 Å². The van der Waals surface area contributed by atoms with E-state index in [1.165, 1.54) is 0 Å². The molecule has 0 radical (unpaired) electrons. The molecule has 0 spiro atoms. The number of sulfonamides is 1. The number of nitrogens with one attached hydrogen (secondary N) is 1. The van der Waals surface area contributed by atoms with Gasteiger partial charge in [-0.05, 0) is 43.2 Å². The zero-order valence-electron chi connectivity index (χ0n) is 11.3. The minimum atomic E-state index is -3.56. The smallest absolute Gasteiger partial charge is 0.261 e. The Kier molecular flexibility index (Phi) is 4.50. The first kappa shape index (κ1) is 15.1. The number of hydrogen-bond donors (Lipinski definition) is 1. The SMILES string of the molecule is Cc1cccc(S(=O)(=O)Nc2ccccc2C(C)Br)c1. The second kappa shape index (κ2) is 5.97. The Morgan fingerprint density at radius 3 is 2.45 bits per heavy atom. The highest BCUT2D eigenvalue weighted by Gasteiger charge is 2.17. The molecule has 1 N–H and O–H groups in total. The lowest BCUT2D eigenvalue weighted by Crippen LogP contribution is -2.14. The van der Waals surface area contributed by atoms with Gasteiger partial charge in [0.1, 0.15) is 0 Å². The molecule has 1 unspecified atom stereocenters.